The molecule has 0 aromatic heterocycles. The Morgan fingerprint density at radius 2 is 1.17 bits per heavy atom. The molecule has 0 fully saturated rings. The summed E-state index contributed by atoms with van der Waals surface area (Å²) >= 11 is 0. The van der Waals surface area contributed by atoms with Crippen molar-refractivity contribution in [1.29, 1.82) is 0 Å². The first-order chi connectivity index (χ1) is 14.0. The van der Waals surface area contributed by atoms with Gasteiger partial charge in [0, 0.05) is 5.92 Å². The molecule has 4 heteroatoms. The van der Waals surface area contributed by atoms with Gasteiger partial charge < -0.3 is 9.47 Å². The number of benzene rings is 2. The number of ether oxygens (including phenoxy) is 2. The smallest absolute Gasteiger partial charge is 0.338 e. The highest BCUT2D eigenvalue weighted by atomic mass is 16.6. The molecule has 0 amide bonds. The summed E-state index contributed by atoms with van der Waals surface area (Å²) in [7, 11) is 0. The van der Waals surface area contributed by atoms with E-state index in [2.05, 4.69) is 13.8 Å². The van der Waals surface area contributed by atoms with Crippen LogP contribution in [0.4, 0.5) is 0 Å². The predicted octanol–water partition coefficient (Wildman–Crippen LogP) is 5.92. The molecule has 0 saturated carbocycles. The molecule has 3 unspecified atom stereocenters. The SMILES string of the molecule is CCC(CC)C(OC(=O)c1ccccc1)C(CC)C(C)OC(=O)c1ccccc1. The van der Waals surface area contributed by atoms with Crippen LogP contribution >= 0.6 is 0 Å². The Labute approximate surface area is 174 Å². The highest BCUT2D eigenvalue weighted by molar-refractivity contribution is 5.90. The van der Waals surface area contributed by atoms with Crippen LogP contribution in [0.25, 0.3) is 0 Å². The van der Waals surface area contributed by atoms with Crippen molar-refractivity contribution in [1.82, 2.24) is 0 Å². The fourth-order valence-electron chi connectivity index (χ4n) is 3.78. The molecule has 29 heavy (non-hydrogen) atoms. The first-order valence-electron chi connectivity index (χ1n) is 10.5. The van der Waals surface area contributed by atoms with Crippen LogP contribution in [0, 0.1) is 11.8 Å². The summed E-state index contributed by atoms with van der Waals surface area (Å²) in [4.78, 5) is 25.3. The van der Waals surface area contributed by atoms with Gasteiger partial charge in [0.15, 0.2) is 0 Å². The van der Waals surface area contributed by atoms with E-state index in [9.17, 15) is 9.59 Å². The first kappa shape index (κ1) is 22.7. The second-order valence-electron chi connectivity index (χ2n) is 7.36. The topological polar surface area (TPSA) is 52.6 Å². The van der Waals surface area contributed by atoms with Gasteiger partial charge in [-0.3, -0.25) is 0 Å². The van der Waals surface area contributed by atoms with Crippen molar-refractivity contribution >= 4 is 11.9 Å². The van der Waals surface area contributed by atoms with Gasteiger partial charge in [-0.05, 0) is 56.4 Å². The molecule has 3 atom stereocenters. The summed E-state index contributed by atoms with van der Waals surface area (Å²) in [6.07, 6.45) is 1.83. The molecule has 0 N–H and O–H groups in total. The summed E-state index contributed by atoms with van der Waals surface area (Å²) < 4.78 is 11.8. The third kappa shape index (κ3) is 6.18. The van der Waals surface area contributed by atoms with Gasteiger partial charge in [0.05, 0.1) is 11.1 Å². The summed E-state index contributed by atoms with van der Waals surface area (Å²) in [5, 5.41) is 0. The van der Waals surface area contributed by atoms with E-state index < -0.39 is 0 Å². The van der Waals surface area contributed by atoms with Crippen LogP contribution < -0.4 is 0 Å². The fraction of sp³-hybridized carbons (Fsp3) is 0.440. The molecular formula is C25H32O4. The van der Waals surface area contributed by atoms with E-state index in [0.717, 1.165) is 19.3 Å². The Bertz CT molecular complexity index is 753. The lowest BCUT2D eigenvalue weighted by atomic mass is 9.82. The van der Waals surface area contributed by atoms with Crippen molar-refractivity contribution in [2.45, 2.75) is 59.2 Å². The quantitative estimate of drug-likeness (QED) is 0.468. The maximum Gasteiger partial charge on any atom is 0.338 e. The monoisotopic (exact) mass is 396 g/mol. The van der Waals surface area contributed by atoms with Crippen LogP contribution in [-0.2, 0) is 9.47 Å². The van der Waals surface area contributed by atoms with Gasteiger partial charge >= 0.3 is 11.9 Å². The van der Waals surface area contributed by atoms with E-state index in [1.807, 2.05) is 50.2 Å². The minimum atomic E-state index is -0.373. The highest BCUT2D eigenvalue weighted by Gasteiger charge is 2.35. The van der Waals surface area contributed by atoms with Gasteiger partial charge in [-0.15, -0.1) is 0 Å². The van der Waals surface area contributed by atoms with E-state index in [-0.39, 0.29) is 36.0 Å². The van der Waals surface area contributed by atoms with Gasteiger partial charge in [0.2, 0.25) is 0 Å². The number of hydrogen-bond donors (Lipinski definition) is 0. The van der Waals surface area contributed by atoms with Gasteiger partial charge in [-0.1, -0.05) is 57.2 Å². The van der Waals surface area contributed by atoms with E-state index >= 15 is 0 Å². The maximum atomic E-state index is 12.7. The van der Waals surface area contributed by atoms with E-state index in [1.165, 1.54) is 0 Å². The maximum absolute atomic E-state index is 12.7. The molecule has 156 valence electrons. The zero-order valence-electron chi connectivity index (χ0n) is 17.8. The molecule has 0 spiro atoms. The summed E-state index contributed by atoms with van der Waals surface area (Å²) in [6.45, 7) is 8.14. The Hall–Kier alpha value is -2.62. The first-order valence-corrected chi connectivity index (χ1v) is 10.5. The molecule has 0 aliphatic rings. The fourth-order valence-corrected chi connectivity index (χ4v) is 3.78. The lowest BCUT2D eigenvalue weighted by Gasteiger charge is -2.35. The molecule has 0 bridgehead atoms. The van der Waals surface area contributed by atoms with Gasteiger partial charge in [-0.25, -0.2) is 9.59 Å². The highest BCUT2D eigenvalue weighted by Crippen LogP contribution is 2.30. The van der Waals surface area contributed by atoms with Crippen molar-refractivity contribution in [3.63, 3.8) is 0 Å². The van der Waals surface area contributed by atoms with Gasteiger partial charge in [0.25, 0.3) is 0 Å². The van der Waals surface area contributed by atoms with Crippen LogP contribution in [0.2, 0.25) is 0 Å². The van der Waals surface area contributed by atoms with Crippen LogP contribution in [-0.4, -0.2) is 24.1 Å². The van der Waals surface area contributed by atoms with Crippen molar-refractivity contribution in [3.05, 3.63) is 71.8 Å². The lowest BCUT2D eigenvalue weighted by molar-refractivity contribution is -0.0496. The lowest BCUT2D eigenvalue weighted by Crippen LogP contribution is -2.40. The van der Waals surface area contributed by atoms with E-state index in [4.69, 9.17) is 9.47 Å². The minimum Gasteiger partial charge on any atom is -0.459 e. The molecule has 0 heterocycles. The predicted molar refractivity (Wildman–Crippen MR) is 115 cm³/mol. The minimum absolute atomic E-state index is 0.0831. The Kier molecular flexibility index (Phi) is 8.91. The average Bonchev–Trinajstić information content (AvgIpc) is 2.76. The number of rotatable bonds is 10. The molecule has 0 aliphatic carbocycles. The molecule has 2 aromatic carbocycles. The number of carbonyl (C=O) groups is 2. The average molecular weight is 397 g/mol. The number of esters is 2. The zero-order chi connectivity index (χ0) is 21.2. The Morgan fingerprint density at radius 1 is 0.724 bits per heavy atom. The van der Waals surface area contributed by atoms with E-state index in [1.54, 1.807) is 24.3 Å². The van der Waals surface area contributed by atoms with Gasteiger partial charge in [-0.2, -0.15) is 0 Å². The second kappa shape index (κ2) is 11.4. The summed E-state index contributed by atoms with van der Waals surface area (Å²) in [5.41, 5.74) is 1.06. The Morgan fingerprint density at radius 3 is 1.59 bits per heavy atom. The molecule has 2 aromatic rings. The number of hydrogen-bond acceptors (Lipinski definition) is 4. The van der Waals surface area contributed by atoms with E-state index in [0.29, 0.717) is 11.1 Å². The Balaban J connectivity index is 2.19. The van der Waals surface area contributed by atoms with Crippen molar-refractivity contribution in [2.75, 3.05) is 0 Å². The molecule has 0 aliphatic heterocycles. The molecular weight excluding hydrogens is 364 g/mol. The molecule has 0 saturated heterocycles. The second-order valence-corrected chi connectivity index (χ2v) is 7.36. The summed E-state index contributed by atoms with van der Waals surface area (Å²) in [5.74, 6) is -0.567. The third-order valence-electron chi connectivity index (χ3n) is 5.56. The van der Waals surface area contributed by atoms with Crippen LogP contribution in [0.15, 0.2) is 60.7 Å². The van der Waals surface area contributed by atoms with Crippen molar-refractivity contribution in [2.24, 2.45) is 11.8 Å². The van der Waals surface area contributed by atoms with Crippen LogP contribution in [0.5, 0.6) is 0 Å². The normalized spacial score (nSPS) is 14.1. The van der Waals surface area contributed by atoms with Crippen LogP contribution in [0.3, 0.4) is 0 Å². The molecule has 0 radical (unpaired) electrons. The largest absolute Gasteiger partial charge is 0.459 e. The van der Waals surface area contributed by atoms with Crippen molar-refractivity contribution < 1.29 is 19.1 Å². The molecule has 2 rings (SSSR count). The number of carbonyl (C=O) groups excluding carboxylic acids is 2. The third-order valence-corrected chi connectivity index (χ3v) is 5.56. The van der Waals surface area contributed by atoms with Crippen LogP contribution in [0.1, 0.15) is 67.7 Å². The zero-order valence-corrected chi connectivity index (χ0v) is 17.8. The summed E-state index contributed by atoms with van der Waals surface area (Å²) in [6, 6.07) is 18.0. The standard InChI is InChI=1S/C25H32O4/c1-5-19(6-2)23(29-25(27)21-16-12-9-13-17-21)22(7-3)18(4)28-24(26)20-14-10-8-11-15-20/h8-19,22-23H,5-7H2,1-4H3. The van der Waals surface area contributed by atoms with Gasteiger partial charge in [0.1, 0.15) is 12.2 Å². The van der Waals surface area contributed by atoms with Crippen molar-refractivity contribution in [3.8, 4) is 0 Å². The molecule has 4 nitrogen and oxygen atoms in total.